The van der Waals surface area contributed by atoms with Crippen LogP contribution in [0.1, 0.15) is 38.4 Å². The van der Waals surface area contributed by atoms with Gasteiger partial charge in [-0.2, -0.15) is 13.2 Å². The van der Waals surface area contributed by atoms with E-state index < -0.39 is 28.9 Å². The fourth-order valence-electron chi connectivity index (χ4n) is 2.08. The number of aromatic amines is 1. The van der Waals surface area contributed by atoms with Crippen LogP contribution in [0.5, 0.6) is 0 Å². The second-order valence-electron chi connectivity index (χ2n) is 4.90. The van der Waals surface area contributed by atoms with Crippen LogP contribution in [0, 0.1) is 26.6 Å². The van der Waals surface area contributed by atoms with Gasteiger partial charge in [-0.1, -0.05) is 0 Å². The summed E-state index contributed by atoms with van der Waals surface area (Å²) in [4.78, 5) is 15.1. The number of rotatable bonds is 2. The molecule has 0 bridgehead atoms. The Morgan fingerprint density at radius 3 is 2.19 bits per heavy atom. The first kappa shape index (κ1) is 15.3. The molecular formula is C15H13F4NO. The molecule has 0 spiro atoms. The van der Waals surface area contributed by atoms with E-state index in [1.165, 1.54) is 0 Å². The molecule has 0 aliphatic heterocycles. The van der Waals surface area contributed by atoms with E-state index in [2.05, 4.69) is 4.98 Å². The van der Waals surface area contributed by atoms with E-state index in [1.807, 2.05) is 0 Å². The van der Waals surface area contributed by atoms with E-state index >= 15 is 0 Å². The third kappa shape index (κ3) is 2.70. The lowest BCUT2D eigenvalue weighted by molar-refractivity contribution is -0.137. The van der Waals surface area contributed by atoms with Gasteiger partial charge in [-0.25, -0.2) is 4.39 Å². The Kier molecular flexibility index (Phi) is 3.65. The number of H-pyrrole nitrogens is 1. The predicted molar refractivity (Wildman–Crippen MR) is 69.8 cm³/mol. The van der Waals surface area contributed by atoms with E-state index in [-0.39, 0.29) is 5.69 Å². The number of aryl methyl sites for hydroxylation is 1. The maximum Gasteiger partial charge on any atom is 0.416 e. The van der Waals surface area contributed by atoms with Gasteiger partial charge in [-0.3, -0.25) is 4.79 Å². The van der Waals surface area contributed by atoms with Crippen molar-refractivity contribution in [2.75, 3.05) is 0 Å². The van der Waals surface area contributed by atoms with Crippen molar-refractivity contribution in [1.29, 1.82) is 0 Å². The summed E-state index contributed by atoms with van der Waals surface area (Å²) in [5.41, 5.74) is 0.630. The van der Waals surface area contributed by atoms with Gasteiger partial charge in [-0.15, -0.1) is 0 Å². The molecule has 0 saturated heterocycles. The lowest BCUT2D eigenvalue weighted by atomic mass is 10.0. The summed E-state index contributed by atoms with van der Waals surface area (Å²) in [5, 5.41) is 0. The maximum atomic E-state index is 13.7. The summed E-state index contributed by atoms with van der Waals surface area (Å²) in [6.45, 7) is 5.18. The van der Waals surface area contributed by atoms with Gasteiger partial charge in [0.1, 0.15) is 5.82 Å². The zero-order chi connectivity index (χ0) is 15.9. The molecule has 0 saturated carbocycles. The van der Waals surface area contributed by atoms with E-state index in [0.29, 0.717) is 23.8 Å². The highest BCUT2D eigenvalue weighted by Crippen LogP contribution is 2.31. The van der Waals surface area contributed by atoms with Crippen LogP contribution in [0.3, 0.4) is 0 Å². The third-order valence-electron chi connectivity index (χ3n) is 3.58. The van der Waals surface area contributed by atoms with Crippen molar-refractivity contribution < 1.29 is 22.4 Å². The smallest absolute Gasteiger partial charge is 0.356 e. The molecule has 1 aromatic carbocycles. The van der Waals surface area contributed by atoms with Crippen molar-refractivity contribution in [2.24, 2.45) is 0 Å². The van der Waals surface area contributed by atoms with Crippen LogP contribution < -0.4 is 0 Å². The zero-order valence-corrected chi connectivity index (χ0v) is 11.7. The van der Waals surface area contributed by atoms with Gasteiger partial charge in [0.2, 0.25) is 5.78 Å². The average Bonchev–Trinajstić information content (AvgIpc) is 2.65. The minimum atomic E-state index is -4.63. The highest BCUT2D eigenvalue weighted by molar-refractivity contribution is 6.09. The molecule has 0 amide bonds. The molecule has 0 aliphatic rings. The molecule has 2 aromatic rings. The second-order valence-corrected chi connectivity index (χ2v) is 4.90. The standard InChI is InChI=1S/C15H13F4NO/c1-7-8(2)13(20-9(7)3)14(21)11-6-10(15(17,18)19)4-5-12(11)16/h4-6,20H,1-3H3. The van der Waals surface area contributed by atoms with Crippen LogP contribution in [-0.2, 0) is 6.18 Å². The lowest BCUT2D eigenvalue weighted by Crippen LogP contribution is -2.11. The molecule has 0 radical (unpaired) electrons. The van der Waals surface area contributed by atoms with Crippen LogP contribution >= 0.6 is 0 Å². The normalized spacial score (nSPS) is 11.8. The number of nitrogens with one attached hydrogen (secondary N) is 1. The van der Waals surface area contributed by atoms with Crippen LogP contribution in [-0.4, -0.2) is 10.8 Å². The Morgan fingerprint density at radius 1 is 1.10 bits per heavy atom. The average molecular weight is 299 g/mol. The van der Waals surface area contributed by atoms with Crippen LogP contribution in [0.15, 0.2) is 18.2 Å². The highest BCUT2D eigenvalue weighted by Gasteiger charge is 2.32. The van der Waals surface area contributed by atoms with E-state index in [0.717, 1.165) is 11.3 Å². The van der Waals surface area contributed by atoms with Crippen molar-refractivity contribution in [2.45, 2.75) is 26.9 Å². The number of hydrogen-bond donors (Lipinski definition) is 1. The molecular weight excluding hydrogens is 286 g/mol. The molecule has 2 nitrogen and oxygen atoms in total. The van der Waals surface area contributed by atoms with Crippen LogP contribution in [0.2, 0.25) is 0 Å². The largest absolute Gasteiger partial charge is 0.416 e. The summed E-state index contributed by atoms with van der Waals surface area (Å²) in [5.74, 6) is -1.76. The molecule has 0 fully saturated rings. The van der Waals surface area contributed by atoms with Crippen molar-refractivity contribution in [3.8, 4) is 0 Å². The molecule has 0 aliphatic carbocycles. The van der Waals surface area contributed by atoms with Gasteiger partial charge in [0.05, 0.1) is 16.8 Å². The van der Waals surface area contributed by atoms with E-state index in [9.17, 15) is 22.4 Å². The Bertz CT molecular complexity index is 713. The number of ketones is 1. The number of carbonyl (C=O) groups excluding carboxylic acids is 1. The Morgan fingerprint density at radius 2 is 1.71 bits per heavy atom. The Balaban J connectivity index is 2.55. The molecule has 1 heterocycles. The SMILES string of the molecule is Cc1[nH]c(C(=O)c2cc(C(F)(F)F)ccc2F)c(C)c1C. The first-order valence-corrected chi connectivity index (χ1v) is 6.20. The highest BCUT2D eigenvalue weighted by atomic mass is 19.4. The molecule has 0 atom stereocenters. The van der Waals surface area contributed by atoms with Gasteiger partial charge >= 0.3 is 6.18 Å². The zero-order valence-electron chi connectivity index (χ0n) is 11.7. The monoisotopic (exact) mass is 299 g/mol. The van der Waals surface area contributed by atoms with Gasteiger partial charge in [0.25, 0.3) is 0 Å². The van der Waals surface area contributed by atoms with E-state index in [4.69, 9.17) is 0 Å². The summed E-state index contributed by atoms with van der Waals surface area (Å²) in [6.07, 6.45) is -4.63. The lowest BCUT2D eigenvalue weighted by Gasteiger charge is -2.09. The molecule has 6 heteroatoms. The fraction of sp³-hybridized carbons (Fsp3) is 0.267. The minimum Gasteiger partial charge on any atom is -0.356 e. The van der Waals surface area contributed by atoms with Crippen molar-refractivity contribution in [1.82, 2.24) is 4.98 Å². The Hall–Kier alpha value is -2.11. The molecule has 1 aromatic heterocycles. The topological polar surface area (TPSA) is 32.9 Å². The summed E-state index contributed by atoms with van der Waals surface area (Å²) in [6, 6.07) is 1.82. The van der Waals surface area contributed by atoms with Gasteiger partial charge in [0.15, 0.2) is 0 Å². The van der Waals surface area contributed by atoms with Crippen molar-refractivity contribution in [3.63, 3.8) is 0 Å². The van der Waals surface area contributed by atoms with Crippen LogP contribution in [0.25, 0.3) is 0 Å². The van der Waals surface area contributed by atoms with Gasteiger partial charge in [-0.05, 0) is 50.1 Å². The van der Waals surface area contributed by atoms with Crippen LogP contribution in [0.4, 0.5) is 17.6 Å². The number of alkyl halides is 3. The fourth-order valence-corrected chi connectivity index (χ4v) is 2.08. The molecule has 21 heavy (non-hydrogen) atoms. The molecule has 112 valence electrons. The quantitative estimate of drug-likeness (QED) is 0.650. The van der Waals surface area contributed by atoms with E-state index in [1.54, 1.807) is 20.8 Å². The van der Waals surface area contributed by atoms with Crippen molar-refractivity contribution in [3.05, 3.63) is 57.7 Å². The predicted octanol–water partition coefficient (Wildman–Crippen LogP) is 4.33. The van der Waals surface area contributed by atoms with Gasteiger partial charge < -0.3 is 4.98 Å². The first-order chi connectivity index (χ1) is 9.62. The van der Waals surface area contributed by atoms with Gasteiger partial charge in [0, 0.05) is 5.69 Å². The summed E-state index contributed by atoms with van der Waals surface area (Å²) in [7, 11) is 0. The minimum absolute atomic E-state index is 0.114. The number of aromatic nitrogens is 1. The van der Waals surface area contributed by atoms with Crippen molar-refractivity contribution >= 4 is 5.78 Å². The molecule has 0 unspecified atom stereocenters. The summed E-state index contributed by atoms with van der Waals surface area (Å²) < 4.78 is 51.7. The Labute approximate surface area is 118 Å². The second kappa shape index (κ2) is 5.02. The maximum absolute atomic E-state index is 13.7. The number of benzene rings is 1. The molecule has 2 rings (SSSR count). The number of hydrogen-bond acceptors (Lipinski definition) is 1. The summed E-state index contributed by atoms with van der Waals surface area (Å²) >= 11 is 0. The number of carbonyl (C=O) groups is 1. The third-order valence-corrected chi connectivity index (χ3v) is 3.58. The first-order valence-electron chi connectivity index (χ1n) is 6.20. The molecule has 1 N–H and O–H groups in total. The number of halogens is 4.